The number of amides is 1. The first-order valence-corrected chi connectivity index (χ1v) is 9.38. The lowest BCUT2D eigenvalue weighted by Crippen LogP contribution is -2.45. The predicted molar refractivity (Wildman–Crippen MR) is 97.4 cm³/mol. The molecule has 2 saturated carbocycles. The summed E-state index contributed by atoms with van der Waals surface area (Å²) in [5, 5.41) is 7.91. The Hall–Kier alpha value is -2.15. The highest BCUT2D eigenvalue weighted by atomic mass is 35.5. The molecule has 2 aromatic rings. The van der Waals surface area contributed by atoms with E-state index >= 15 is 0 Å². The summed E-state index contributed by atoms with van der Waals surface area (Å²) in [5.74, 6) is 1.41. The Morgan fingerprint density at radius 1 is 1.35 bits per heavy atom. The van der Waals surface area contributed by atoms with Gasteiger partial charge in [0.05, 0.1) is 22.1 Å². The van der Waals surface area contributed by atoms with Gasteiger partial charge >= 0.3 is 0 Å². The number of carbonyl (C=O) groups is 1. The minimum absolute atomic E-state index is 0.0757. The van der Waals surface area contributed by atoms with Crippen LogP contribution in [0.1, 0.15) is 60.4 Å². The van der Waals surface area contributed by atoms with Crippen molar-refractivity contribution in [2.45, 2.75) is 64.0 Å². The average Bonchev–Trinajstić information content (AvgIpc) is 3.36. The summed E-state index contributed by atoms with van der Waals surface area (Å²) >= 11 is 6.12. The Morgan fingerprint density at radius 3 is 2.69 bits per heavy atom. The normalized spacial score (nSPS) is 22.1. The largest absolute Gasteiger partial charge is 0.352 e. The van der Waals surface area contributed by atoms with Crippen LogP contribution >= 0.6 is 11.6 Å². The topological polar surface area (TPSA) is 92.7 Å². The molecule has 7 nitrogen and oxygen atoms in total. The number of rotatable bonds is 5. The lowest BCUT2D eigenvalue weighted by molar-refractivity contribution is -0.123. The number of nitrogens with zero attached hydrogens (tertiary/aromatic N) is 3. The fraction of sp³-hybridized carbons (Fsp3) is 0.556. The van der Waals surface area contributed by atoms with Crippen molar-refractivity contribution in [1.82, 2.24) is 25.1 Å². The number of aromatic nitrogens is 4. The quantitative estimate of drug-likeness (QED) is 0.837. The first-order chi connectivity index (χ1) is 12.4. The van der Waals surface area contributed by atoms with E-state index in [0.29, 0.717) is 10.9 Å². The van der Waals surface area contributed by atoms with E-state index in [1.165, 1.54) is 0 Å². The molecular formula is C18H22ClN5O2. The van der Waals surface area contributed by atoms with Crippen LogP contribution in [0.2, 0.25) is 5.02 Å². The molecule has 8 heteroatoms. The Morgan fingerprint density at radius 2 is 2.08 bits per heavy atom. The molecule has 0 atom stereocenters. The third-order valence-corrected chi connectivity index (χ3v) is 5.80. The Labute approximate surface area is 156 Å². The van der Waals surface area contributed by atoms with Gasteiger partial charge in [-0.1, -0.05) is 11.6 Å². The second-order valence-electron chi connectivity index (χ2n) is 7.40. The van der Waals surface area contributed by atoms with Crippen LogP contribution < -0.4 is 10.9 Å². The van der Waals surface area contributed by atoms with E-state index in [1.807, 2.05) is 13.8 Å². The van der Waals surface area contributed by atoms with Crippen molar-refractivity contribution in [2.75, 3.05) is 0 Å². The van der Waals surface area contributed by atoms with Crippen LogP contribution in [-0.2, 0) is 11.3 Å². The van der Waals surface area contributed by atoms with E-state index in [1.54, 1.807) is 10.7 Å². The second-order valence-corrected chi connectivity index (χ2v) is 7.78. The molecule has 0 radical (unpaired) electrons. The minimum atomic E-state index is -0.0780. The van der Waals surface area contributed by atoms with E-state index < -0.39 is 0 Å². The highest BCUT2D eigenvalue weighted by Gasteiger charge is 2.34. The van der Waals surface area contributed by atoms with Crippen LogP contribution in [0, 0.1) is 13.8 Å². The molecule has 0 unspecified atom stereocenters. The third kappa shape index (κ3) is 3.40. The molecule has 138 valence electrons. The van der Waals surface area contributed by atoms with Crippen molar-refractivity contribution < 1.29 is 4.79 Å². The van der Waals surface area contributed by atoms with Crippen molar-refractivity contribution in [2.24, 2.45) is 0 Å². The Bertz CT molecular complexity index is 909. The maximum atomic E-state index is 12.3. The van der Waals surface area contributed by atoms with Gasteiger partial charge in [-0.3, -0.25) is 14.3 Å². The lowest BCUT2D eigenvalue weighted by Gasteiger charge is -2.35. The van der Waals surface area contributed by atoms with E-state index in [9.17, 15) is 9.59 Å². The standard InChI is InChI=1S/C18H22ClN5O2/c1-9-17(19)10(2)24(23-9)8-16(26)20-13-5-12(6-13)14-7-15(25)22-18(21-14)11-3-4-11/h7,11-13H,3-6,8H2,1-2H3,(H,20,26)(H,21,22,25). The molecule has 0 saturated heterocycles. The molecular weight excluding hydrogens is 354 g/mol. The number of nitrogens with one attached hydrogen (secondary N) is 2. The molecule has 0 bridgehead atoms. The summed E-state index contributed by atoms with van der Waals surface area (Å²) in [7, 11) is 0. The number of halogens is 1. The predicted octanol–water partition coefficient (Wildman–Crippen LogP) is 2.18. The molecule has 2 aromatic heterocycles. The highest BCUT2D eigenvalue weighted by molar-refractivity contribution is 6.31. The fourth-order valence-electron chi connectivity index (χ4n) is 3.47. The average molecular weight is 376 g/mol. The van der Waals surface area contributed by atoms with Crippen LogP contribution in [0.15, 0.2) is 10.9 Å². The van der Waals surface area contributed by atoms with Crippen LogP contribution in [-0.4, -0.2) is 31.7 Å². The van der Waals surface area contributed by atoms with Crippen molar-refractivity contribution in [3.8, 4) is 0 Å². The Balaban J connectivity index is 1.33. The van der Waals surface area contributed by atoms with Gasteiger partial charge in [0.2, 0.25) is 5.91 Å². The van der Waals surface area contributed by atoms with Gasteiger partial charge in [-0.15, -0.1) is 0 Å². The number of hydrogen-bond donors (Lipinski definition) is 2. The van der Waals surface area contributed by atoms with Crippen LogP contribution in [0.4, 0.5) is 0 Å². The van der Waals surface area contributed by atoms with Crippen molar-refractivity contribution in [3.63, 3.8) is 0 Å². The van der Waals surface area contributed by atoms with Gasteiger partial charge in [0.25, 0.3) is 5.56 Å². The summed E-state index contributed by atoms with van der Waals surface area (Å²) in [6.45, 7) is 3.84. The van der Waals surface area contributed by atoms with Gasteiger partial charge in [-0.25, -0.2) is 4.98 Å². The number of H-pyrrole nitrogens is 1. The zero-order valence-corrected chi connectivity index (χ0v) is 15.6. The van der Waals surface area contributed by atoms with Gasteiger partial charge in [-0.2, -0.15) is 5.10 Å². The molecule has 2 N–H and O–H groups in total. The zero-order chi connectivity index (χ0) is 18.4. The smallest absolute Gasteiger partial charge is 0.251 e. The summed E-state index contributed by atoms with van der Waals surface area (Å²) < 4.78 is 1.63. The molecule has 2 aliphatic rings. The fourth-order valence-corrected chi connectivity index (χ4v) is 3.61. The molecule has 2 fully saturated rings. The van der Waals surface area contributed by atoms with E-state index in [4.69, 9.17) is 11.6 Å². The monoisotopic (exact) mass is 375 g/mol. The van der Waals surface area contributed by atoms with Gasteiger partial charge in [-0.05, 0) is 39.5 Å². The van der Waals surface area contributed by atoms with E-state index in [0.717, 1.165) is 48.6 Å². The number of hydrogen-bond acceptors (Lipinski definition) is 4. The Kier molecular flexibility index (Phi) is 4.34. The van der Waals surface area contributed by atoms with Crippen molar-refractivity contribution in [1.29, 1.82) is 0 Å². The number of carbonyl (C=O) groups excluding carboxylic acids is 1. The molecule has 4 rings (SSSR count). The second kappa shape index (κ2) is 6.54. The van der Waals surface area contributed by atoms with E-state index in [-0.39, 0.29) is 30.0 Å². The molecule has 26 heavy (non-hydrogen) atoms. The lowest BCUT2D eigenvalue weighted by atomic mass is 9.78. The van der Waals surface area contributed by atoms with Gasteiger partial charge < -0.3 is 10.3 Å². The van der Waals surface area contributed by atoms with Crippen LogP contribution in [0.3, 0.4) is 0 Å². The summed E-state index contributed by atoms with van der Waals surface area (Å²) in [5.41, 5.74) is 2.30. The maximum absolute atomic E-state index is 12.3. The van der Waals surface area contributed by atoms with Crippen LogP contribution in [0.5, 0.6) is 0 Å². The first-order valence-electron chi connectivity index (χ1n) is 9.00. The SMILES string of the molecule is Cc1nn(CC(=O)NC2CC(c3cc(=O)[nH]c(C4CC4)n3)C2)c(C)c1Cl. The summed E-state index contributed by atoms with van der Waals surface area (Å²) in [4.78, 5) is 31.5. The van der Waals surface area contributed by atoms with Crippen LogP contribution in [0.25, 0.3) is 0 Å². The maximum Gasteiger partial charge on any atom is 0.251 e. The van der Waals surface area contributed by atoms with Gasteiger partial charge in [0.15, 0.2) is 0 Å². The number of aryl methyl sites for hydroxylation is 1. The third-order valence-electron chi connectivity index (χ3n) is 5.25. The zero-order valence-electron chi connectivity index (χ0n) is 14.9. The molecule has 0 aromatic carbocycles. The molecule has 0 aliphatic heterocycles. The minimum Gasteiger partial charge on any atom is -0.352 e. The molecule has 2 heterocycles. The summed E-state index contributed by atoms with van der Waals surface area (Å²) in [6.07, 6.45) is 3.83. The van der Waals surface area contributed by atoms with Gasteiger partial charge in [0, 0.05) is 23.9 Å². The number of aromatic amines is 1. The first kappa shape index (κ1) is 17.3. The van der Waals surface area contributed by atoms with Crippen molar-refractivity contribution >= 4 is 17.5 Å². The molecule has 1 amide bonds. The van der Waals surface area contributed by atoms with Gasteiger partial charge in [0.1, 0.15) is 12.4 Å². The van der Waals surface area contributed by atoms with E-state index in [2.05, 4.69) is 20.4 Å². The molecule has 0 spiro atoms. The molecule has 2 aliphatic carbocycles. The summed E-state index contributed by atoms with van der Waals surface area (Å²) in [6, 6.07) is 1.71. The van der Waals surface area contributed by atoms with Crippen molar-refractivity contribution in [3.05, 3.63) is 44.3 Å². The highest BCUT2D eigenvalue weighted by Crippen LogP contribution is 2.40.